The fraction of sp³-hybridized carbons (Fsp3) is 0.250. The fourth-order valence-corrected chi connectivity index (χ4v) is 3.20. The number of hydrogen-bond donors (Lipinski definition) is 0. The molecule has 0 saturated heterocycles. The molecule has 0 aliphatic carbocycles. The molecule has 0 aliphatic heterocycles. The van der Waals surface area contributed by atoms with Crippen LogP contribution in [0.3, 0.4) is 0 Å². The van der Waals surface area contributed by atoms with Crippen molar-refractivity contribution in [1.29, 1.82) is 0 Å². The minimum absolute atomic E-state index is 0.217. The topological polar surface area (TPSA) is 0 Å². The SMILES string of the molecule is Fc1ccc(C(CCl)(CCl)Cc2cc(F)ccc2Cl)cc1. The molecule has 2 aromatic carbocycles. The van der Waals surface area contributed by atoms with Crippen molar-refractivity contribution < 1.29 is 8.78 Å². The van der Waals surface area contributed by atoms with Crippen LogP contribution in [0, 0.1) is 11.6 Å². The Morgan fingerprint density at radius 2 is 1.43 bits per heavy atom. The van der Waals surface area contributed by atoms with E-state index in [0.29, 0.717) is 17.0 Å². The van der Waals surface area contributed by atoms with Crippen molar-refractivity contribution in [2.24, 2.45) is 0 Å². The van der Waals surface area contributed by atoms with Crippen LogP contribution in [0.2, 0.25) is 5.02 Å². The van der Waals surface area contributed by atoms with Crippen LogP contribution >= 0.6 is 34.8 Å². The number of benzene rings is 2. The van der Waals surface area contributed by atoms with Crippen molar-refractivity contribution in [2.45, 2.75) is 11.8 Å². The predicted octanol–water partition coefficient (Wildman–Crippen LogP) is 5.58. The maximum Gasteiger partial charge on any atom is 0.123 e. The molecule has 0 atom stereocenters. The van der Waals surface area contributed by atoms with E-state index >= 15 is 0 Å². The van der Waals surface area contributed by atoms with Crippen LogP contribution in [0.25, 0.3) is 0 Å². The van der Waals surface area contributed by atoms with Gasteiger partial charge in [-0.25, -0.2) is 8.78 Å². The lowest BCUT2D eigenvalue weighted by Crippen LogP contribution is -2.33. The third-order valence-corrected chi connectivity index (χ3v) is 4.90. The smallest absolute Gasteiger partial charge is 0.123 e. The molecular formula is C16H13Cl3F2. The zero-order valence-corrected chi connectivity index (χ0v) is 13.3. The maximum atomic E-state index is 13.4. The molecule has 0 spiro atoms. The number of rotatable bonds is 5. The second kappa shape index (κ2) is 6.95. The van der Waals surface area contributed by atoms with Crippen LogP contribution in [-0.4, -0.2) is 11.8 Å². The Kier molecular flexibility index (Phi) is 5.48. The van der Waals surface area contributed by atoms with E-state index in [1.165, 1.54) is 30.3 Å². The van der Waals surface area contributed by atoms with Crippen LogP contribution in [0.4, 0.5) is 8.78 Å². The molecule has 112 valence electrons. The van der Waals surface area contributed by atoms with Crippen molar-refractivity contribution in [3.8, 4) is 0 Å². The third-order valence-electron chi connectivity index (χ3n) is 3.50. The predicted molar refractivity (Wildman–Crippen MR) is 84.6 cm³/mol. The monoisotopic (exact) mass is 348 g/mol. The van der Waals surface area contributed by atoms with Crippen molar-refractivity contribution in [1.82, 2.24) is 0 Å². The molecule has 0 bridgehead atoms. The largest absolute Gasteiger partial charge is 0.207 e. The molecule has 0 aliphatic rings. The normalized spacial score (nSPS) is 11.7. The average Bonchev–Trinajstić information content (AvgIpc) is 2.49. The van der Waals surface area contributed by atoms with E-state index < -0.39 is 5.41 Å². The first-order valence-corrected chi connectivity index (χ1v) is 7.77. The summed E-state index contributed by atoms with van der Waals surface area (Å²) in [6.45, 7) is 0. The van der Waals surface area contributed by atoms with Crippen molar-refractivity contribution in [3.05, 3.63) is 70.2 Å². The van der Waals surface area contributed by atoms with Gasteiger partial charge in [0.15, 0.2) is 0 Å². The van der Waals surface area contributed by atoms with Crippen LogP contribution in [0.5, 0.6) is 0 Å². The van der Waals surface area contributed by atoms with Gasteiger partial charge in [-0.3, -0.25) is 0 Å². The van der Waals surface area contributed by atoms with E-state index in [4.69, 9.17) is 34.8 Å². The van der Waals surface area contributed by atoms with Gasteiger partial charge in [0.1, 0.15) is 11.6 Å². The Balaban J connectivity index is 2.42. The third kappa shape index (κ3) is 3.68. The average molecular weight is 350 g/mol. The highest BCUT2D eigenvalue weighted by Crippen LogP contribution is 2.34. The van der Waals surface area contributed by atoms with Gasteiger partial charge >= 0.3 is 0 Å². The summed E-state index contributed by atoms with van der Waals surface area (Å²) >= 11 is 18.4. The summed E-state index contributed by atoms with van der Waals surface area (Å²) in [6.07, 6.45) is 0.377. The molecule has 0 fully saturated rings. The zero-order valence-electron chi connectivity index (χ0n) is 11.1. The van der Waals surface area contributed by atoms with Crippen LogP contribution in [0.15, 0.2) is 42.5 Å². The van der Waals surface area contributed by atoms with Crippen LogP contribution < -0.4 is 0 Å². The number of alkyl halides is 2. The Labute approximate surface area is 137 Å². The molecule has 0 N–H and O–H groups in total. The van der Waals surface area contributed by atoms with E-state index in [-0.39, 0.29) is 23.4 Å². The molecule has 2 aromatic rings. The first-order chi connectivity index (χ1) is 10.0. The first kappa shape index (κ1) is 16.5. The molecule has 2 rings (SSSR count). The summed E-state index contributed by atoms with van der Waals surface area (Å²) in [4.78, 5) is 0. The Morgan fingerprint density at radius 3 is 2.00 bits per heavy atom. The highest BCUT2D eigenvalue weighted by atomic mass is 35.5. The number of hydrogen-bond acceptors (Lipinski definition) is 0. The summed E-state index contributed by atoms with van der Waals surface area (Å²) in [5.41, 5.74) is 0.797. The van der Waals surface area contributed by atoms with E-state index in [0.717, 1.165) is 5.56 Å². The molecule has 5 heteroatoms. The van der Waals surface area contributed by atoms with E-state index in [2.05, 4.69) is 0 Å². The summed E-state index contributed by atoms with van der Waals surface area (Å²) in [5.74, 6) is -0.267. The minimum Gasteiger partial charge on any atom is -0.207 e. The van der Waals surface area contributed by atoms with Gasteiger partial charge in [0.25, 0.3) is 0 Å². The molecule has 0 unspecified atom stereocenters. The zero-order chi connectivity index (χ0) is 15.5. The highest BCUT2D eigenvalue weighted by molar-refractivity contribution is 6.31. The summed E-state index contributed by atoms with van der Waals surface area (Å²) in [5, 5.41) is 0.457. The molecule has 21 heavy (non-hydrogen) atoms. The Morgan fingerprint density at radius 1 is 0.857 bits per heavy atom. The second-order valence-electron chi connectivity index (χ2n) is 4.97. The van der Waals surface area contributed by atoms with E-state index in [1.54, 1.807) is 12.1 Å². The van der Waals surface area contributed by atoms with Crippen molar-refractivity contribution in [2.75, 3.05) is 11.8 Å². The van der Waals surface area contributed by atoms with E-state index in [1.807, 2.05) is 0 Å². The van der Waals surface area contributed by atoms with Crippen molar-refractivity contribution >= 4 is 34.8 Å². The summed E-state index contributed by atoms with van der Waals surface area (Å²) < 4.78 is 26.5. The molecule has 0 aromatic heterocycles. The van der Waals surface area contributed by atoms with Gasteiger partial charge in [-0.15, -0.1) is 23.2 Å². The van der Waals surface area contributed by atoms with Gasteiger partial charge < -0.3 is 0 Å². The Bertz CT molecular complexity index is 607. The van der Waals surface area contributed by atoms with Crippen LogP contribution in [0.1, 0.15) is 11.1 Å². The molecule has 0 heterocycles. The quantitative estimate of drug-likeness (QED) is 0.618. The van der Waals surface area contributed by atoms with E-state index in [9.17, 15) is 8.78 Å². The lowest BCUT2D eigenvalue weighted by molar-refractivity contribution is 0.530. The number of halogens is 5. The minimum atomic E-state index is -0.631. The van der Waals surface area contributed by atoms with Gasteiger partial charge in [-0.05, 0) is 47.9 Å². The van der Waals surface area contributed by atoms with Gasteiger partial charge in [0.2, 0.25) is 0 Å². The molecular weight excluding hydrogens is 337 g/mol. The lowest BCUT2D eigenvalue weighted by atomic mass is 9.78. The first-order valence-electron chi connectivity index (χ1n) is 6.33. The van der Waals surface area contributed by atoms with Gasteiger partial charge in [0, 0.05) is 22.2 Å². The van der Waals surface area contributed by atoms with Crippen molar-refractivity contribution in [3.63, 3.8) is 0 Å². The van der Waals surface area contributed by atoms with Gasteiger partial charge in [-0.1, -0.05) is 23.7 Å². The van der Waals surface area contributed by atoms with Gasteiger partial charge in [-0.2, -0.15) is 0 Å². The van der Waals surface area contributed by atoms with Crippen LogP contribution in [-0.2, 0) is 11.8 Å². The molecule has 0 saturated carbocycles. The lowest BCUT2D eigenvalue weighted by Gasteiger charge is -2.31. The second-order valence-corrected chi connectivity index (χ2v) is 5.91. The maximum absolute atomic E-state index is 13.4. The fourth-order valence-electron chi connectivity index (χ4n) is 2.23. The standard InChI is InChI=1S/C16H13Cl3F2/c17-9-16(10-18,12-1-3-13(20)4-2-12)8-11-7-14(21)5-6-15(11)19/h1-7H,8-10H2. The highest BCUT2D eigenvalue weighted by Gasteiger charge is 2.32. The summed E-state index contributed by atoms with van der Waals surface area (Å²) in [6, 6.07) is 10.2. The molecule has 0 nitrogen and oxygen atoms in total. The van der Waals surface area contributed by atoms with Gasteiger partial charge in [0.05, 0.1) is 0 Å². The summed E-state index contributed by atoms with van der Waals surface area (Å²) in [7, 11) is 0. The molecule has 0 radical (unpaired) electrons. The Hall–Kier alpha value is -0.830. The molecule has 0 amide bonds.